The van der Waals surface area contributed by atoms with Crippen molar-refractivity contribution in [2.45, 2.75) is 6.42 Å². The number of hydrogen-bond acceptors (Lipinski definition) is 1. The topological polar surface area (TPSA) is 37.3 Å². The molecule has 0 aromatic carbocycles. The third-order valence-corrected chi connectivity index (χ3v) is 0.647. The Balaban J connectivity index is -0.000000125. The minimum Gasteiger partial charge on any atom is -1.00 e. The Morgan fingerprint density at radius 2 is 2.29 bits per heavy atom. The molecule has 0 fully saturated rings. The van der Waals surface area contributed by atoms with Gasteiger partial charge in [-0.2, -0.15) is 0 Å². The molecule has 0 heterocycles. The fourth-order valence-electron chi connectivity index (χ4n) is 0.123. The van der Waals surface area contributed by atoms with Crippen molar-refractivity contribution < 1.29 is 40.9 Å². The van der Waals surface area contributed by atoms with E-state index in [4.69, 9.17) is 5.11 Å². The van der Waals surface area contributed by atoms with Crippen molar-refractivity contribution in [1.82, 2.24) is 0 Å². The van der Waals surface area contributed by atoms with Gasteiger partial charge >= 0.3 is 35.5 Å². The molecular weight excluding hydrogens is 122 g/mol. The Morgan fingerprint density at radius 3 is 2.29 bits per heavy atom. The Kier molecular flexibility index (Phi) is 10.7. The molecule has 38 valence electrons. The van der Waals surface area contributed by atoms with Crippen molar-refractivity contribution in [3.8, 4) is 0 Å². The zero-order chi connectivity index (χ0) is 4.99. The number of carboxylic acids is 1. The first-order valence-corrected chi connectivity index (χ1v) is 2.51. The fraction of sp³-hybridized carbons (Fsp3) is 0.667. The van der Waals surface area contributed by atoms with Gasteiger partial charge in [-0.15, -0.1) is 9.24 Å². The number of carbonyl (C=O) groups is 1. The summed E-state index contributed by atoms with van der Waals surface area (Å²) >= 11 is 0. The molecule has 7 heavy (non-hydrogen) atoms. The molecule has 0 aromatic heterocycles. The van der Waals surface area contributed by atoms with Crippen LogP contribution >= 0.6 is 9.24 Å². The minimum absolute atomic E-state index is 0. The van der Waals surface area contributed by atoms with E-state index in [-0.39, 0.29) is 37.4 Å². The van der Waals surface area contributed by atoms with Crippen LogP contribution in [0.15, 0.2) is 0 Å². The van der Waals surface area contributed by atoms with Gasteiger partial charge in [-0.3, -0.25) is 4.79 Å². The van der Waals surface area contributed by atoms with Gasteiger partial charge in [-0.05, 0) is 6.16 Å². The van der Waals surface area contributed by atoms with Crippen LogP contribution in [0.3, 0.4) is 0 Å². The monoisotopic (exact) mass is 130 g/mol. The van der Waals surface area contributed by atoms with E-state index in [1.54, 1.807) is 0 Å². The molecular formula is C3H8NaO2P. The summed E-state index contributed by atoms with van der Waals surface area (Å²) in [5.41, 5.74) is 0. The molecule has 0 aromatic rings. The van der Waals surface area contributed by atoms with E-state index in [0.717, 1.165) is 0 Å². The van der Waals surface area contributed by atoms with Crippen molar-refractivity contribution in [2.75, 3.05) is 6.16 Å². The normalized spacial score (nSPS) is 7.00. The van der Waals surface area contributed by atoms with Gasteiger partial charge in [0.1, 0.15) is 0 Å². The summed E-state index contributed by atoms with van der Waals surface area (Å²) in [5.74, 6) is -0.731. The second-order valence-corrected chi connectivity index (χ2v) is 1.51. The van der Waals surface area contributed by atoms with E-state index >= 15 is 0 Å². The smallest absolute Gasteiger partial charge is 1.00 e. The summed E-state index contributed by atoms with van der Waals surface area (Å²) in [7, 11) is 2.34. The Labute approximate surface area is 68.7 Å². The van der Waals surface area contributed by atoms with Crippen LogP contribution in [0.1, 0.15) is 7.85 Å². The summed E-state index contributed by atoms with van der Waals surface area (Å²) in [6.07, 6.45) is 0.903. The molecule has 0 saturated heterocycles. The molecule has 1 unspecified atom stereocenters. The first-order chi connectivity index (χ1) is 2.77. The molecule has 0 aliphatic heterocycles. The summed E-state index contributed by atoms with van der Waals surface area (Å²) < 4.78 is 0. The van der Waals surface area contributed by atoms with Crippen LogP contribution in [0.5, 0.6) is 0 Å². The van der Waals surface area contributed by atoms with E-state index in [0.29, 0.717) is 6.16 Å². The summed E-state index contributed by atoms with van der Waals surface area (Å²) in [5, 5.41) is 7.90. The molecule has 0 rings (SSSR count). The average molecular weight is 130 g/mol. The molecule has 0 bridgehead atoms. The molecule has 1 atom stereocenters. The molecule has 0 amide bonds. The summed E-state index contributed by atoms with van der Waals surface area (Å²) in [4.78, 5) is 9.59. The first kappa shape index (κ1) is 10.8. The Bertz CT molecular complexity index is 61.2. The van der Waals surface area contributed by atoms with E-state index in [1.165, 1.54) is 0 Å². The van der Waals surface area contributed by atoms with Crippen molar-refractivity contribution in [2.24, 2.45) is 0 Å². The van der Waals surface area contributed by atoms with Crippen LogP contribution in [0.2, 0.25) is 0 Å². The predicted molar refractivity (Wildman–Crippen MR) is 27.9 cm³/mol. The molecule has 0 saturated carbocycles. The third-order valence-electron chi connectivity index (χ3n) is 0.358. The van der Waals surface area contributed by atoms with Crippen molar-refractivity contribution in [3.63, 3.8) is 0 Å². The van der Waals surface area contributed by atoms with Crippen LogP contribution in [-0.4, -0.2) is 17.2 Å². The molecule has 4 heteroatoms. The van der Waals surface area contributed by atoms with Gasteiger partial charge < -0.3 is 6.53 Å². The second-order valence-electron chi connectivity index (χ2n) is 0.932. The van der Waals surface area contributed by atoms with Gasteiger partial charge in [0.25, 0.3) is 0 Å². The molecule has 0 aliphatic carbocycles. The third kappa shape index (κ3) is 10.9. The molecule has 0 spiro atoms. The number of carboxylic acid groups (broad SMARTS) is 1. The maximum atomic E-state index is 9.59. The maximum Gasteiger partial charge on any atom is 1.00 e. The number of hydrogen-bond donors (Lipinski definition) is 1. The largest absolute Gasteiger partial charge is 1.00 e. The maximum absolute atomic E-state index is 9.59. The van der Waals surface area contributed by atoms with Gasteiger partial charge in [-0.1, -0.05) is 0 Å². The fourth-order valence-corrected chi connectivity index (χ4v) is 0.370. The van der Waals surface area contributed by atoms with E-state index < -0.39 is 5.97 Å². The predicted octanol–water partition coefficient (Wildman–Crippen LogP) is -2.55. The Morgan fingerprint density at radius 1 is 1.86 bits per heavy atom. The molecule has 0 aliphatic rings. The van der Waals surface area contributed by atoms with Gasteiger partial charge in [-0.25, -0.2) is 0 Å². The zero-order valence-corrected chi connectivity index (χ0v) is 7.50. The number of rotatable bonds is 2. The zero-order valence-electron chi connectivity index (χ0n) is 5.35. The average Bonchev–Trinajstić information content (AvgIpc) is 1.35. The minimum atomic E-state index is -0.731. The standard InChI is InChI=1S/C3H7O2P.Na.H/c4-3(5)1-2-6;;/h1-2,6H2,(H,4,5);;/q;+1;-1. The van der Waals surface area contributed by atoms with Crippen molar-refractivity contribution in [3.05, 3.63) is 0 Å². The Hall–Kier alpha value is 0.900. The summed E-state index contributed by atoms with van der Waals surface area (Å²) in [6.45, 7) is 0. The quantitative estimate of drug-likeness (QED) is 0.330. The van der Waals surface area contributed by atoms with Crippen molar-refractivity contribution in [1.29, 1.82) is 0 Å². The van der Waals surface area contributed by atoms with Gasteiger partial charge in [0.2, 0.25) is 0 Å². The SMILES string of the molecule is O=C(O)CCP.[H-].[Na+]. The second kappa shape index (κ2) is 6.90. The van der Waals surface area contributed by atoms with Crippen LogP contribution in [0, 0.1) is 0 Å². The van der Waals surface area contributed by atoms with Gasteiger partial charge in [0, 0.05) is 6.42 Å². The first-order valence-electron chi connectivity index (χ1n) is 1.69. The van der Waals surface area contributed by atoms with Crippen molar-refractivity contribution >= 4 is 15.2 Å². The van der Waals surface area contributed by atoms with Gasteiger partial charge in [0.15, 0.2) is 0 Å². The van der Waals surface area contributed by atoms with Crippen LogP contribution in [0.4, 0.5) is 0 Å². The van der Waals surface area contributed by atoms with E-state index in [9.17, 15) is 4.79 Å². The van der Waals surface area contributed by atoms with E-state index in [1.807, 2.05) is 0 Å². The van der Waals surface area contributed by atoms with Crippen LogP contribution in [0.25, 0.3) is 0 Å². The molecule has 2 nitrogen and oxygen atoms in total. The van der Waals surface area contributed by atoms with Gasteiger partial charge in [0.05, 0.1) is 0 Å². The molecule has 1 N–H and O–H groups in total. The van der Waals surface area contributed by atoms with E-state index in [2.05, 4.69) is 9.24 Å². The van der Waals surface area contributed by atoms with Crippen LogP contribution < -0.4 is 29.6 Å². The van der Waals surface area contributed by atoms with Crippen LogP contribution in [-0.2, 0) is 4.79 Å². The summed E-state index contributed by atoms with van der Waals surface area (Å²) in [6, 6.07) is 0. The number of aliphatic carboxylic acids is 1. The molecule has 0 radical (unpaired) electrons.